The quantitative estimate of drug-likeness (QED) is 0.582. The number of carbonyl (C=O) groups is 4. The minimum atomic E-state index is -1.18. The van der Waals surface area contributed by atoms with Crippen molar-refractivity contribution in [2.45, 2.75) is 26.8 Å². The number of nitrogens with zero attached hydrogens (tertiary/aromatic N) is 1. The van der Waals surface area contributed by atoms with Crippen molar-refractivity contribution in [2.24, 2.45) is 5.92 Å². The van der Waals surface area contributed by atoms with Gasteiger partial charge >= 0.3 is 5.97 Å². The molecule has 0 spiro atoms. The molecular weight excluding hydrogens is 391 g/mol. The SMILES string of the molecule is Cc1ccc(NC(=O)COC(=O)[C@@H](C(C)C)N2C(=O)c3ccccc3C2=O)cc1F. The second-order valence-electron chi connectivity index (χ2n) is 7.33. The Bertz CT molecular complexity index is 999. The van der Waals surface area contributed by atoms with Crippen LogP contribution in [-0.2, 0) is 14.3 Å². The van der Waals surface area contributed by atoms with E-state index in [0.717, 1.165) is 11.0 Å². The van der Waals surface area contributed by atoms with E-state index in [9.17, 15) is 23.6 Å². The fraction of sp³-hybridized carbons (Fsp3) is 0.273. The van der Waals surface area contributed by atoms with Crippen LogP contribution >= 0.6 is 0 Å². The summed E-state index contributed by atoms with van der Waals surface area (Å²) in [5.41, 5.74) is 1.10. The number of halogens is 1. The van der Waals surface area contributed by atoms with E-state index >= 15 is 0 Å². The standard InChI is InChI=1S/C22H21FN2O5/c1-12(2)19(25-20(27)15-6-4-5-7-16(15)21(25)28)22(29)30-11-18(26)24-14-9-8-13(3)17(23)10-14/h4-10,12,19H,11H2,1-3H3,(H,24,26)/t19-/m1/s1. The van der Waals surface area contributed by atoms with Gasteiger partial charge in [-0.15, -0.1) is 0 Å². The fourth-order valence-electron chi connectivity index (χ4n) is 3.23. The third-order valence-electron chi connectivity index (χ3n) is 4.78. The Morgan fingerprint density at radius 3 is 2.20 bits per heavy atom. The molecule has 0 bridgehead atoms. The Balaban J connectivity index is 1.68. The molecule has 1 aliphatic rings. The van der Waals surface area contributed by atoms with E-state index in [0.29, 0.717) is 5.56 Å². The Hall–Kier alpha value is -3.55. The smallest absolute Gasteiger partial charge is 0.330 e. The molecular formula is C22H21FN2O5. The maximum Gasteiger partial charge on any atom is 0.330 e. The molecule has 0 saturated carbocycles. The molecule has 0 aliphatic carbocycles. The largest absolute Gasteiger partial charge is 0.454 e. The average Bonchev–Trinajstić information content (AvgIpc) is 2.95. The van der Waals surface area contributed by atoms with E-state index in [2.05, 4.69) is 5.32 Å². The molecule has 1 heterocycles. The first-order chi connectivity index (χ1) is 14.2. The number of rotatable bonds is 6. The molecule has 1 N–H and O–H groups in total. The third kappa shape index (κ3) is 4.07. The summed E-state index contributed by atoms with van der Waals surface area (Å²) in [4.78, 5) is 51.0. The van der Waals surface area contributed by atoms with Gasteiger partial charge in [-0.3, -0.25) is 19.3 Å². The van der Waals surface area contributed by atoms with Gasteiger partial charge in [0, 0.05) is 5.69 Å². The number of ether oxygens (including phenoxy) is 1. The van der Waals surface area contributed by atoms with Crippen LogP contribution in [0.15, 0.2) is 42.5 Å². The minimum Gasteiger partial charge on any atom is -0.454 e. The van der Waals surface area contributed by atoms with Crippen LogP contribution < -0.4 is 5.32 Å². The first kappa shape index (κ1) is 21.2. The van der Waals surface area contributed by atoms with Crippen molar-refractivity contribution < 1.29 is 28.3 Å². The molecule has 1 atom stereocenters. The highest BCUT2D eigenvalue weighted by atomic mass is 19.1. The Morgan fingerprint density at radius 1 is 1.07 bits per heavy atom. The highest BCUT2D eigenvalue weighted by Crippen LogP contribution is 2.27. The van der Waals surface area contributed by atoms with Gasteiger partial charge in [0.25, 0.3) is 17.7 Å². The average molecular weight is 412 g/mol. The lowest BCUT2D eigenvalue weighted by Crippen LogP contribution is -2.49. The molecule has 0 radical (unpaired) electrons. The van der Waals surface area contributed by atoms with E-state index in [1.165, 1.54) is 24.3 Å². The minimum absolute atomic E-state index is 0.222. The van der Waals surface area contributed by atoms with Gasteiger partial charge in [0.2, 0.25) is 0 Å². The molecule has 7 nitrogen and oxygen atoms in total. The number of fused-ring (bicyclic) bond motifs is 1. The zero-order valence-corrected chi connectivity index (χ0v) is 16.8. The summed E-state index contributed by atoms with van der Waals surface area (Å²) in [5.74, 6) is -3.61. The van der Waals surface area contributed by atoms with Crippen molar-refractivity contribution in [1.82, 2.24) is 4.90 Å². The van der Waals surface area contributed by atoms with E-state index in [1.54, 1.807) is 32.9 Å². The molecule has 1 aliphatic heterocycles. The molecule has 8 heteroatoms. The van der Waals surface area contributed by atoms with Gasteiger partial charge in [-0.2, -0.15) is 0 Å². The number of aryl methyl sites for hydroxylation is 1. The van der Waals surface area contributed by atoms with Crippen molar-refractivity contribution in [3.8, 4) is 0 Å². The lowest BCUT2D eigenvalue weighted by molar-refractivity contribution is -0.152. The lowest BCUT2D eigenvalue weighted by atomic mass is 10.0. The van der Waals surface area contributed by atoms with Gasteiger partial charge in [0.1, 0.15) is 11.9 Å². The number of nitrogens with one attached hydrogen (secondary N) is 1. The second-order valence-corrected chi connectivity index (χ2v) is 7.33. The summed E-state index contributed by atoms with van der Waals surface area (Å²) in [6.45, 7) is 4.30. The monoisotopic (exact) mass is 412 g/mol. The zero-order chi connectivity index (χ0) is 22.0. The van der Waals surface area contributed by atoms with Gasteiger partial charge in [0.15, 0.2) is 6.61 Å². The molecule has 30 heavy (non-hydrogen) atoms. The Kier molecular flexibility index (Phi) is 5.96. The van der Waals surface area contributed by atoms with Gasteiger partial charge in [0.05, 0.1) is 11.1 Å². The number of imide groups is 1. The van der Waals surface area contributed by atoms with Crippen molar-refractivity contribution in [3.63, 3.8) is 0 Å². The number of esters is 1. The summed E-state index contributed by atoms with van der Waals surface area (Å²) in [6.07, 6.45) is 0. The number of carbonyl (C=O) groups excluding carboxylic acids is 4. The summed E-state index contributed by atoms with van der Waals surface area (Å²) >= 11 is 0. The van der Waals surface area contributed by atoms with Gasteiger partial charge < -0.3 is 10.1 Å². The van der Waals surface area contributed by atoms with Crippen LogP contribution in [0.3, 0.4) is 0 Å². The third-order valence-corrected chi connectivity index (χ3v) is 4.78. The molecule has 0 unspecified atom stereocenters. The topological polar surface area (TPSA) is 92.8 Å². The van der Waals surface area contributed by atoms with E-state index in [4.69, 9.17) is 4.74 Å². The Labute approximate surface area is 172 Å². The number of hydrogen-bond acceptors (Lipinski definition) is 5. The number of benzene rings is 2. The van der Waals surface area contributed by atoms with Crippen LogP contribution in [0, 0.1) is 18.7 Å². The highest BCUT2D eigenvalue weighted by molar-refractivity contribution is 6.22. The van der Waals surface area contributed by atoms with Crippen molar-refractivity contribution in [3.05, 3.63) is 65.0 Å². The fourth-order valence-corrected chi connectivity index (χ4v) is 3.23. The van der Waals surface area contributed by atoms with E-state index in [1.807, 2.05) is 0 Å². The highest BCUT2D eigenvalue weighted by Gasteiger charge is 2.44. The van der Waals surface area contributed by atoms with Gasteiger partial charge in [-0.05, 0) is 42.7 Å². The van der Waals surface area contributed by atoms with E-state index in [-0.39, 0.29) is 16.8 Å². The molecule has 2 aromatic rings. The molecule has 3 amide bonds. The first-order valence-corrected chi connectivity index (χ1v) is 9.40. The second kappa shape index (κ2) is 8.44. The molecule has 0 saturated heterocycles. The Morgan fingerprint density at radius 2 is 1.67 bits per heavy atom. The van der Waals surface area contributed by atoms with Crippen molar-refractivity contribution >= 4 is 29.4 Å². The van der Waals surface area contributed by atoms with Crippen molar-refractivity contribution in [2.75, 3.05) is 11.9 Å². The van der Waals surface area contributed by atoms with Crippen LogP contribution in [0.4, 0.5) is 10.1 Å². The molecule has 0 fully saturated rings. The maximum atomic E-state index is 13.6. The van der Waals surface area contributed by atoms with Crippen LogP contribution in [0.25, 0.3) is 0 Å². The van der Waals surface area contributed by atoms with Crippen LogP contribution in [0.2, 0.25) is 0 Å². The van der Waals surface area contributed by atoms with E-state index < -0.39 is 48.1 Å². The summed E-state index contributed by atoms with van der Waals surface area (Å²) in [7, 11) is 0. The predicted molar refractivity (Wildman–Crippen MR) is 106 cm³/mol. The van der Waals surface area contributed by atoms with Gasteiger partial charge in [-0.25, -0.2) is 9.18 Å². The predicted octanol–water partition coefficient (Wildman–Crippen LogP) is 2.94. The lowest BCUT2D eigenvalue weighted by Gasteiger charge is -2.27. The number of amides is 3. The maximum absolute atomic E-state index is 13.6. The number of anilines is 1. The molecule has 3 rings (SSSR count). The molecule has 156 valence electrons. The first-order valence-electron chi connectivity index (χ1n) is 9.40. The number of hydrogen-bond donors (Lipinski definition) is 1. The summed E-state index contributed by atoms with van der Waals surface area (Å²) in [6, 6.07) is 9.32. The molecule has 2 aromatic carbocycles. The normalized spacial score (nSPS) is 14.0. The van der Waals surface area contributed by atoms with Crippen LogP contribution in [0.1, 0.15) is 40.1 Å². The van der Waals surface area contributed by atoms with Gasteiger partial charge in [-0.1, -0.05) is 32.0 Å². The molecule has 0 aromatic heterocycles. The van der Waals surface area contributed by atoms with Crippen LogP contribution in [0.5, 0.6) is 0 Å². The van der Waals surface area contributed by atoms with Crippen molar-refractivity contribution in [1.29, 1.82) is 0 Å². The summed E-state index contributed by atoms with van der Waals surface area (Å²) < 4.78 is 18.7. The summed E-state index contributed by atoms with van der Waals surface area (Å²) in [5, 5.41) is 2.43. The zero-order valence-electron chi connectivity index (χ0n) is 16.8. The van der Waals surface area contributed by atoms with Crippen LogP contribution in [-0.4, -0.2) is 41.2 Å².